The van der Waals surface area contributed by atoms with Gasteiger partial charge in [-0.25, -0.2) is 4.79 Å². The van der Waals surface area contributed by atoms with Gasteiger partial charge < -0.3 is 20.2 Å². The van der Waals surface area contributed by atoms with Gasteiger partial charge in [-0.1, -0.05) is 0 Å². The van der Waals surface area contributed by atoms with Crippen LogP contribution in [-0.2, 0) is 4.79 Å². The summed E-state index contributed by atoms with van der Waals surface area (Å²) in [7, 11) is 0. The van der Waals surface area contributed by atoms with Crippen molar-refractivity contribution in [2.24, 2.45) is 0 Å². The van der Waals surface area contributed by atoms with Crippen molar-refractivity contribution < 1.29 is 33.3 Å². The number of hydrogen-bond donors (Lipinski definition) is 3. The summed E-state index contributed by atoms with van der Waals surface area (Å²) < 4.78 is 31.7. The Labute approximate surface area is 134 Å². The van der Waals surface area contributed by atoms with Gasteiger partial charge in [0.25, 0.3) is 0 Å². The van der Waals surface area contributed by atoms with Crippen molar-refractivity contribution >= 4 is 34.9 Å². The Morgan fingerprint density at radius 3 is 1.68 bits per heavy atom. The topological polar surface area (TPSA) is 81.0 Å². The largest absolute Gasteiger partial charge is 0.508 e. The number of halogens is 5. The number of phenolic OH excluding ortho intramolecular Hbond substituents is 2. The lowest BCUT2D eigenvalue weighted by Gasteiger charge is -2.23. The predicted molar refractivity (Wildman–Crippen MR) is 77.1 cm³/mol. The van der Waals surface area contributed by atoms with E-state index in [0.29, 0.717) is 30.5 Å². The lowest BCUT2D eigenvalue weighted by atomic mass is 10.2. The Kier molecular flexibility index (Phi) is 8.81. The van der Waals surface area contributed by atoms with Crippen LogP contribution in [0.25, 0.3) is 0 Å². The summed E-state index contributed by atoms with van der Waals surface area (Å²) >= 11 is 11.3. The standard InChI is InChI=1S/C10H13Cl2NO2.C2HF3O2/c11-1-3-13(4-2-12)8-5-9(14)7-10(15)6-8;3-2(4,5)1(6)7/h5-7,14-15H,1-4H2;(H,6,7). The number of anilines is 1. The molecule has 1 aromatic rings. The SMILES string of the molecule is O=C(O)C(F)(F)F.Oc1cc(O)cc(N(CCCl)CCCl)c1. The molecule has 0 aliphatic carbocycles. The molecular weight excluding hydrogens is 350 g/mol. The van der Waals surface area contributed by atoms with Crippen LogP contribution in [0.5, 0.6) is 11.5 Å². The number of rotatable bonds is 5. The third-order valence-electron chi connectivity index (χ3n) is 2.20. The summed E-state index contributed by atoms with van der Waals surface area (Å²) in [6.07, 6.45) is -5.08. The van der Waals surface area contributed by atoms with E-state index in [1.165, 1.54) is 6.07 Å². The van der Waals surface area contributed by atoms with Crippen LogP contribution >= 0.6 is 23.2 Å². The first-order valence-corrected chi connectivity index (χ1v) is 6.88. The van der Waals surface area contributed by atoms with Gasteiger partial charge in [0.15, 0.2) is 0 Å². The van der Waals surface area contributed by atoms with Gasteiger partial charge in [-0.05, 0) is 0 Å². The minimum absolute atomic E-state index is 0.0270. The number of carboxylic acid groups (broad SMARTS) is 1. The van der Waals surface area contributed by atoms with Crippen LogP contribution in [0.2, 0.25) is 0 Å². The fraction of sp³-hybridized carbons (Fsp3) is 0.417. The van der Waals surface area contributed by atoms with E-state index in [-0.39, 0.29) is 11.5 Å². The molecule has 0 amide bonds. The zero-order valence-electron chi connectivity index (χ0n) is 11.1. The Morgan fingerprint density at radius 1 is 1.05 bits per heavy atom. The van der Waals surface area contributed by atoms with Crippen molar-refractivity contribution in [2.45, 2.75) is 6.18 Å². The first kappa shape index (κ1) is 20.5. The minimum Gasteiger partial charge on any atom is -0.508 e. The zero-order valence-corrected chi connectivity index (χ0v) is 12.7. The second kappa shape index (κ2) is 9.47. The molecule has 5 nitrogen and oxygen atoms in total. The molecule has 0 aliphatic heterocycles. The quantitative estimate of drug-likeness (QED) is 0.700. The van der Waals surface area contributed by atoms with Crippen molar-refractivity contribution in [2.75, 3.05) is 29.7 Å². The summed E-state index contributed by atoms with van der Waals surface area (Å²) in [5.74, 6) is -1.77. The molecule has 0 aliphatic rings. The van der Waals surface area contributed by atoms with Crippen LogP contribution in [0.3, 0.4) is 0 Å². The maximum Gasteiger partial charge on any atom is 0.490 e. The molecule has 0 fully saturated rings. The van der Waals surface area contributed by atoms with Crippen LogP contribution in [-0.4, -0.2) is 52.3 Å². The molecule has 0 bridgehead atoms. The molecule has 0 atom stereocenters. The molecule has 1 rings (SSSR count). The molecule has 0 heterocycles. The third-order valence-corrected chi connectivity index (χ3v) is 2.54. The molecule has 126 valence electrons. The van der Waals surface area contributed by atoms with Gasteiger partial charge in [0.05, 0.1) is 0 Å². The third kappa shape index (κ3) is 8.04. The number of alkyl halides is 5. The highest BCUT2D eigenvalue weighted by atomic mass is 35.5. The normalized spacial score (nSPS) is 10.6. The summed E-state index contributed by atoms with van der Waals surface area (Å²) in [5.41, 5.74) is 0.716. The van der Waals surface area contributed by atoms with Gasteiger partial charge >= 0.3 is 12.1 Å². The Balaban J connectivity index is 0.000000534. The monoisotopic (exact) mass is 363 g/mol. The zero-order chi connectivity index (χ0) is 17.3. The van der Waals surface area contributed by atoms with E-state index < -0.39 is 12.1 Å². The van der Waals surface area contributed by atoms with Crippen LogP contribution in [0.4, 0.5) is 18.9 Å². The molecule has 1 aromatic carbocycles. The van der Waals surface area contributed by atoms with E-state index in [9.17, 15) is 23.4 Å². The number of aromatic hydroxyl groups is 2. The number of benzene rings is 1. The van der Waals surface area contributed by atoms with E-state index in [0.717, 1.165) is 0 Å². The van der Waals surface area contributed by atoms with Gasteiger partial charge in [0.1, 0.15) is 11.5 Å². The fourth-order valence-corrected chi connectivity index (χ4v) is 1.74. The second-order valence-corrected chi connectivity index (χ2v) is 4.63. The number of nitrogens with zero attached hydrogens (tertiary/aromatic N) is 1. The number of carbonyl (C=O) groups is 1. The van der Waals surface area contributed by atoms with Crippen molar-refractivity contribution in [3.63, 3.8) is 0 Å². The number of hydrogen-bond acceptors (Lipinski definition) is 4. The van der Waals surface area contributed by atoms with E-state index in [1.54, 1.807) is 12.1 Å². The van der Waals surface area contributed by atoms with Gasteiger partial charge in [-0.2, -0.15) is 13.2 Å². The molecule has 22 heavy (non-hydrogen) atoms. The van der Waals surface area contributed by atoms with Crippen molar-refractivity contribution in [1.29, 1.82) is 0 Å². The average molecular weight is 364 g/mol. The first-order chi connectivity index (χ1) is 10.1. The van der Waals surface area contributed by atoms with Gasteiger partial charge in [-0.15, -0.1) is 23.2 Å². The Bertz CT molecular complexity index is 460. The smallest absolute Gasteiger partial charge is 0.490 e. The van der Waals surface area contributed by atoms with Crippen LogP contribution in [0.15, 0.2) is 18.2 Å². The molecule has 0 radical (unpaired) electrons. The maximum absolute atomic E-state index is 10.6. The molecule has 0 saturated carbocycles. The molecular formula is C12H14Cl2F3NO4. The van der Waals surface area contributed by atoms with Gasteiger partial charge in [0.2, 0.25) is 0 Å². The van der Waals surface area contributed by atoms with E-state index >= 15 is 0 Å². The minimum atomic E-state index is -5.08. The molecule has 0 saturated heterocycles. The number of aliphatic carboxylic acids is 1. The molecule has 3 N–H and O–H groups in total. The number of carboxylic acids is 1. The fourth-order valence-electron chi connectivity index (χ4n) is 1.34. The van der Waals surface area contributed by atoms with E-state index in [1.807, 2.05) is 4.90 Å². The van der Waals surface area contributed by atoms with E-state index in [2.05, 4.69) is 0 Å². The Hall–Kier alpha value is -1.54. The molecule has 10 heteroatoms. The lowest BCUT2D eigenvalue weighted by Crippen LogP contribution is -2.27. The van der Waals surface area contributed by atoms with Crippen LogP contribution in [0, 0.1) is 0 Å². The van der Waals surface area contributed by atoms with E-state index in [4.69, 9.17) is 33.1 Å². The highest BCUT2D eigenvalue weighted by Gasteiger charge is 2.38. The number of phenols is 2. The summed E-state index contributed by atoms with van der Waals surface area (Å²) in [6.45, 7) is 1.24. The van der Waals surface area contributed by atoms with Gasteiger partial charge in [-0.3, -0.25) is 0 Å². The van der Waals surface area contributed by atoms with Crippen LogP contribution < -0.4 is 4.90 Å². The second-order valence-electron chi connectivity index (χ2n) is 3.88. The van der Waals surface area contributed by atoms with Crippen molar-refractivity contribution in [3.05, 3.63) is 18.2 Å². The first-order valence-electron chi connectivity index (χ1n) is 5.81. The average Bonchev–Trinajstić information content (AvgIpc) is 2.37. The molecule has 0 aromatic heterocycles. The maximum atomic E-state index is 10.6. The summed E-state index contributed by atoms with van der Waals surface area (Å²) in [4.78, 5) is 10.8. The van der Waals surface area contributed by atoms with Crippen LogP contribution in [0.1, 0.15) is 0 Å². The predicted octanol–water partition coefficient (Wildman–Crippen LogP) is 3.02. The lowest BCUT2D eigenvalue weighted by molar-refractivity contribution is -0.192. The van der Waals surface area contributed by atoms with Crippen molar-refractivity contribution in [3.8, 4) is 11.5 Å². The van der Waals surface area contributed by atoms with Gasteiger partial charge in [0, 0.05) is 48.7 Å². The Morgan fingerprint density at radius 2 is 1.41 bits per heavy atom. The van der Waals surface area contributed by atoms with Crippen molar-refractivity contribution in [1.82, 2.24) is 0 Å². The summed E-state index contributed by atoms with van der Waals surface area (Å²) in [6, 6.07) is 4.42. The molecule has 0 spiro atoms. The summed E-state index contributed by atoms with van der Waals surface area (Å²) in [5, 5.41) is 25.8. The highest BCUT2D eigenvalue weighted by molar-refractivity contribution is 6.18. The molecule has 0 unspecified atom stereocenters. The highest BCUT2D eigenvalue weighted by Crippen LogP contribution is 2.26.